The minimum atomic E-state index is -4.61. The maximum atomic E-state index is 14.1. The van der Waals surface area contributed by atoms with Gasteiger partial charge in [-0.25, -0.2) is 13.5 Å². The Bertz CT molecular complexity index is 5960. The summed E-state index contributed by atoms with van der Waals surface area (Å²) in [5.74, 6) is -6.40. The van der Waals surface area contributed by atoms with Crippen molar-refractivity contribution in [1.82, 2.24) is 46.1 Å². The molecule has 3 atom stereocenters. The van der Waals surface area contributed by atoms with Gasteiger partial charge >= 0.3 is 0 Å². The molecule has 5 aromatic carbocycles. The van der Waals surface area contributed by atoms with Crippen LogP contribution in [0, 0.1) is 17.2 Å². The highest BCUT2D eigenvalue weighted by Gasteiger charge is 2.51. The minimum absolute atomic E-state index is 0.0513. The molecule has 0 spiro atoms. The van der Waals surface area contributed by atoms with Crippen LogP contribution in [0.3, 0.4) is 0 Å². The second-order valence-corrected chi connectivity index (χ2v) is 40.0. The van der Waals surface area contributed by atoms with Gasteiger partial charge in [0.05, 0.1) is 105 Å². The monoisotopic (exact) mass is 1890 g/mol. The number of nitrogens with zero attached hydrogens (tertiary/aromatic N) is 8. The number of halogens is 2. The Morgan fingerprint density at radius 1 is 0.695 bits per heavy atom. The summed E-state index contributed by atoms with van der Waals surface area (Å²) in [7, 11) is -17.7. The molecule has 0 bridgehead atoms. The van der Waals surface area contributed by atoms with Crippen molar-refractivity contribution in [3.63, 3.8) is 0 Å². The van der Waals surface area contributed by atoms with Crippen LogP contribution in [0.1, 0.15) is 148 Å². The van der Waals surface area contributed by atoms with E-state index in [0.29, 0.717) is 127 Å². The highest BCUT2D eigenvalue weighted by Crippen LogP contribution is 2.50. The standard InChI is InChI=1S/C90H108F2N12O23S4/c1-88(2)73-51-70(130(117,118)119)26-28-77(73)102(37-5-7-47-128(111,112)113)79(88)30-22-62-11-9-12-63(23-31-80-89(3,4)74-52-71(131(120,121)122)27-29-78(74)103(80)38-6-8-48-129(114,115)116)84(62)127-69-24-15-60(16-25-69)17-32-81(105)95-36-40-124-42-44-126-46-45-125-43-41-123-39-33-82(106)94-34-35-96-85(108)64-20-18-61(19-21-64)76-58-101(99-98-76)56-66-14-10-13-65-55-100(57-72(65)66)83(107)50-67-49-75(97-86(67)109)87(110)104-59-90(91,92)53-68(104)54-93/h10,13-16,18-31,51-52,58,67-68,75H,5-9,11-12,17,32-50,53,55-57,59H2,1-4H3,(H7-,94,95,96,97,105,106,108,109,111,112,113,114,115,116,117,118,119,120,121,122)/p+1/t67-,68-,75-/m0/s1. The number of carbonyl (C=O) groups is 6. The third-order valence-electron chi connectivity index (χ3n) is 23.8. The average molecular weight is 1890 g/mol. The number of carbonyl (C=O) groups excluding carboxylic acids is 6. The molecule has 12 rings (SSSR count). The molecule has 6 aromatic rings. The fourth-order valence-electron chi connectivity index (χ4n) is 17.0. The third-order valence-corrected chi connectivity index (χ3v) is 27.1. The number of amides is 6. The van der Waals surface area contributed by atoms with Crippen molar-refractivity contribution in [3.8, 4) is 23.1 Å². The Hall–Kier alpha value is -10.9. The van der Waals surface area contributed by atoms with Crippen LogP contribution in [0.25, 0.3) is 11.3 Å². The first-order valence-corrected chi connectivity index (χ1v) is 49.3. The number of nitrogens with one attached hydrogen (secondary N) is 4. The zero-order valence-electron chi connectivity index (χ0n) is 73.1. The molecule has 0 unspecified atom stereocenters. The van der Waals surface area contributed by atoms with Crippen LogP contribution >= 0.6 is 0 Å². The first kappa shape index (κ1) is 99.1. The molecule has 1 aliphatic carbocycles. The van der Waals surface area contributed by atoms with E-state index in [2.05, 4.69) is 31.6 Å². The van der Waals surface area contributed by atoms with Gasteiger partial charge in [-0.05, 0) is 171 Å². The molecule has 1 aromatic heterocycles. The van der Waals surface area contributed by atoms with Gasteiger partial charge in [0.25, 0.3) is 52.3 Å². The number of benzene rings is 5. The molecule has 0 saturated carbocycles. The maximum absolute atomic E-state index is 14.1. The maximum Gasteiger partial charge on any atom is 0.294 e. The van der Waals surface area contributed by atoms with E-state index in [-0.39, 0.29) is 151 Å². The zero-order chi connectivity index (χ0) is 94.2. The number of hydrogen-bond acceptors (Lipinski definition) is 23. The summed E-state index contributed by atoms with van der Waals surface area (Å²) in [5.41, 5.74) is 8.90. The van der Waals surface area contributed by atoms with Gasteiger partial charge in [-0.15, -0.1) is 5.10 Å². The number of fused-ring (bicyclic) bond motifs is 3. The SMILES string of the molecule is CC1(C)C(/C=C/C2=C(Oc3ccc(CCC(=O)NCCOCCOCCOCCOCCC(=O)NCCNC(=O)c4ccc(-c5cn(Cc6cccc7c6CN(C(=O)C[C@@H]6C[C@@H](C(=O)N8CC(F)(F)C[C@H]8C#N)NC6=O)C7)nn5)cc4)cc3)C(=C/C=C3/N(CCCCS(=O)(=O)O)c4ccc(S(=O)(=O)O)cc4C3(C)C)/CCC2)=[N+](CCCCS(=O)(=O)O)c2ccc(S(=O)(=O)O)cc21. The number of aromatic nitrogens is 3. The molecule has 131 heavy (non-hydrogen) atoms. The number of hydrogen-bond donors (Lipinski definition) is 8. The summed E-state index contributed by atoms with van der Waals surface area (Å²) < 4.78 is 197. The van der Waals surface area contributed by atoms with E-state index in [1.54, 1.807) is 70.4 Å². The fraction of sp³-hybridized carbons (Fsp3) is 0.467. The number of ether oxygens (including phenoxy) is 5. The molecule has 6 heterocycles. The molecule has 5 aliphatic heterocycles. The number of alkyl halides is 2. The lowest BCUT2D eigenvalue weighted by Crippen LogP contribution is -2.46. The van der Waals surface area contributed by atoms with E-state index >= 15 is 0 Å². The molecule has 2 fully saturated rings. The van der Waals surface area contributed by atoms with Crippen LogP contribution in [0.2, 0.25) is 0 Å². The number of nitriles is 1. The summed E-state index contributed by atoms with van der Waals surface area (Å²) in [6.45, 7) is 10.9. The number of likely N-dealkylation sites (tertiary alicyclic amines) is 1. The van der Waals surface area contributed by atoms with E-state index < -0.39 is 112 Å². The Labute approximate surface area is 759 Å². The van der Waals surface area contributed by atoms with Crippen LogP contribution in [0.4, 0.5) is 20.2 Å². The van der Waals surface area contributed by atoms with Crippen molar-refractivity contribution < 1.29 is 118 Å². The van der Waals surface area contributed by atoms with E-state index in [4.69, 9.17) is 23.7 Å². The topological polar surface area (TPSA) is 481 Å². The molecular formula is C90H109F2N12O23S4+. The van der Waals surface area contributed by atoms with E-state index in [1.165, 1.54) is 24.3 Å². The number of aryl methyl sites for hydroxylation is 1. The van der Waals surface area contributed by atoms with Gasteiger partial charge in [0.15, 0.2) is 5.71 Å². The average Bonchev–Trinajstić information content (AvgIpc) is 1.58. The minimum Gasteiger partial charge on any atom is -0.457 e. The van der Waals surface area contributed by atoms with Crippen molar-refractivity contribution in [2.45, 2.75) is 169 Å². The number of allylic oxidation sites excluding steroid dienone is 7. The van der Waals surface area contributed by atoms with E-state index in [1.807, 2.05) is 91.8 Å². The van der Waals surface area contributed by atoms with E-state index in [0.717, 1.165) is 38.3 Å². The molecule has 8 N–H and O–H groups in total. The first-order valence-electron chi connectivity index (χ1n) is 43.2. The molecule has 2 saturated heterocycles. The van der Waals surface area contributed by atoms with Gasteiger partial charge < -0.3 is 59.7 Å². The third kappa shape index (κ3) is 26.5. The summed E-state index contributed by atoms with van der Waals surface area (Å²) >= 11 is 0. The number of unbranched alkanes of at least 4 members (excludes halogenated alkanes) is 2. The molecule has 41 heteroatoms. The van der Waals surface area contributed by atoms with Crippen molar-refractivity contribution in [2.75, 3.05) is 109 Å². The normalized spacial score (nSPS) is 18.8. The molecule has 704 valence electrons. The molecule has 6 aliphatic rings. The summed E-state index contributed by atoms with van der Waals surface area (Å²) in [6, 6.07) is 27.8. The summed E-state index contributed by atoms with van der Waals surface area (Å²) in [5, 5.41) is 29.0. The molecular weight excluding hydrogens is 1780 g/mol. The quantitative estimate of drug-likeness (QED) is 0.0101. The van der Waals surface area contributed by atoms with Gasteiger partial charge in [0.1, 0.15) is 35.8 Å². The Morgan fingerprint density at radius 2 is 1.34 bits per heavy atom. The van der Waals surface area contributed by atoms with Gasteiger partial charge in [-0.3, -0.25) is 47.0 Å². The Morgan fingerprint density at radius 3 is 2.02 bits per heavy atom. The van der Waals surface area contributed by atoms with E-state index in [9.17, 15) is 94.7 Å². The predicted molar refractivity (Wildman–Crippen MR) is 475 cm³/mol. The van der Waals surface area contributed by atoms with Gasteiger partial charge in [-0.2, -0.15) is 43.5 Å². The van der Waals surface area contributed by atoms with Crippen LogP contribution < -0.4 is 30.9 Å². The number of rotatable bonds is 45. The van der Waals surface area contributed by atoms with Gasteiger partial charge in [0, 0.05) is 123 Å². The van der Waals surface area contributed by atoms with Gasteiger partial charge in [-0.1, -0.05) is 67.6 Å². The van der Waals surface area contributed by atoms with Gasteiger partial charge in [0.2, 0.25) is 35.2 Å². The second kappa shape index (κ2) is 43.2. The summed E-state index contributed by atoms with van der Waals surface area (Å²) in [4.78, 5) is 81.9. The van der Waals surface area contributed by atoms with Crippen molar-refractivity contribution in [2.24, 2.45) is 5.92 Å². The smallest absolute Gasteiger partial charge is 0.294 e. The number of anilines is 1. The predicted octanol–water partition coefficient (Wildman–Crippen LogP) is 8.43. The lowest BCUT2D eigenvalue weighted by atomic mass is 9.81. The van der Waals surface area contributed by atoms with Crippen molar-refractivity contribution in [1.29, 1.82) is 5.26 Å². The van der Waals surface area contributed by atoms with Crippen LogP contribution in [0.15, 0.2) is 166 Å². The molecule has 6 amide bonds. The fourth-order valence-corrected chi connectivity index (χ4v) is 19.1. The van der Waals surface area contributed by atoms with Crippen LogP contribution in [0.5, 0.6) is 5.75 Å². The lowest BCUT2D eigenvalue weighted by Gasteiger charge is -2.27. The van der Waals surface area contributed by atoms with Crippen molar-refractivity contribution >= 4 is 93.0 Å². The lowest BCUT2D eigenvalue weighted by molar-refractivity contribution is -0.438. The largest absolute Gasteiger partial charge is 0.457 e. The first-order chi connectivity index (χ1) is 62.1. The highest BCUT2D eigenvalue weighted by atomic mass is 32.2. The van der Waals surface area contributed by atoms with Crippen molar-refractivity contribution in [3.05, 3.63) is 195 Å². The Kier molecular flexibility index (Phi) is 32.7. The van der Waals surface area contributed by atoms with Crippen LogP contribution in [-0.4, -0.2) is 244 Å². The second-order valence-electron chi connectivity index (χ2n) is 34.0. The zero-order valence-corrected chi connectivity index (χ0v) is 76.3. The Balaban J connectivity index is 0.534. The molecule has 35 nitrogen and oxygen atoms in total. The summed E-state index contributed by atoms with van der Waals surface area (Å²) in [6.07, 6.45) is 11.7. The highest BCUT2D eigenvalue weighted by molar-refractivity contribution is 7.86. The molecule has 0 radical (unpaired) electrons. The van der Waals surface area contributed by atoms with Crippen LogP contribution in [-0.2, 0) is 120 Å².